The van der Waals surface area contributed by atoms with Crippen molar-refractivity contribution in [2.75, 3.05) is 33.4 Å². The van der Waals surface area contributed by atoms with Crippen molar-refractivity contribution in [3.05, 3.63) is 30.7 Å². The molecule has 2 fully saturated rings. The smallest absolute Gasteiger partial charge is 0.212 e. The molecular weight excluding hydrogens is 304 g/mol. The normalized spacial score (nSPS) is 25.0. The minimum Gasteiger partial charge on any atom is -0.481 e. The first-order valence-electron chi connectivity index (χ1n) is 8.72. The minimum atomic E-state index is 0.308. The third kappa shape index (κ3) is 2.91. The summed E-state index contributed by atoms with van der Waals surface area (Å²) in [5, 5.41) is 0. The van der Waals surface area contributed by atoms with Crippen molar-refractivity contribution in [3.8, 4) is 17.3 Å². The Bertz CT molecular complexity index is 664. The van der Waals surface area contributed by atoms with E-state index in [9.17, 15) is 0 Å². The van der Waals surface area contributed by atoms with Crippen LogP contribution in [0.3, 0.4) is 0 Å². The van der Waals surface area contributed by atoms with Gasteiger partial charge in [-0.25, -0.2) is 9.97 Å². The van der Waals surface area contributed by atoms with Crippen LogP contribution in [0.4, 0.5) is 0 Å². The second kappa shape index (κ2) is 6.91. The summed E-state index contributed by atoms with van der Waals surface area (Å²) in [4.78, 5) is 11.5. The fourth-order valence-corrected chi connectivity index (χ4v) is 3.83. The number of pyridine rings is 1. The summed E-state index contributed by atoms with van der Waals surface area (Å²) < 4.78 is 13.3. The number of hydrogen-bond acceptors (Lipinski definition) is 5. The SMILES string of the molecule is COc1ccc(-c2nccn2[C@@H]2COC[C@H]2N2CCCCC2)cn1. The molecule has 6 heteroatoms. The highest BCUT2D eigenvalue weighted by atomic mass is 16.5. The number of nitrogens with zero attached hydrogens (tertiary/aromatic N) is 4. The molecule has 0 amide bonds. The first-order chi connectivity index (χ1) is 11.9. The molecule has 0 saturated carbocycles. The van der Waals surface area contributed by atoms with Crippen LogP contribution in [0.1, 0.15) is 25.3 Å². The number of likely N-dealkylation sites (tertiary alicyclic amines) is 1. The van der Waals surface area contributed by atoms with Crippen molar-refractivity contribution in [1.82, 2.24) is 19.4 Å². The average Bonchev–Trinajstić information content (AvgIpc) is 3.31. The van der Waals surface area contributed by atoms with Gasteiger partial charge in [-0.05, 0) is 32.0 Å². The molecular formula is C18H24N4O2. The summed E-state index contributed by atoms with van der Waals surface area (Å²) >= 11 is 0. The van der Waals surface area contributed by atoms with Crippen molar-refractivity contribution in [2.24, 2.45) is 0 Å². The molecule has 6 nitrogen and oxygen atoms in total. The van der Waals surface area contributed by atoms with E-state index in [2.05, 4.69) is 25.6 Å². The molecule has 0 spiro atoms. The molecule has 0 N–H and O–H groups in total. The van der Waals surface area contributed by atoms with E-state index in [1.54, 1.807) is 7.11 Å². The molecule has 0 aliphatic carbocycles. The van der Waals surface area contributed by atoms with Crippen LogP contribution < -0.4 is 4.74 Å². The van der Waals surface area contributed by atoms with Gasteiger partial charge in [-0.2, -0.15) is 0 Å². The zero-order valence-electron chi connectivity index (χ0n) is 14.1. The van der Waals surface area contributed by atoms with Crippen LogP contribution in [0.25, 0.3) is 11.4 Å². The molecule has 2 aromatic heterocycles. The van der Waals surface area contributed by atoms with Gasteiger partial charge in [0.2, 0.25) is 5.88 Å². The Morgan fingerprint density at radius 2 is 1.92 bits per heavy atom. The van der Waals surface area contributed by atoms with E-state index in [1.165, 1.54) is 32.4 Å². The lowest BCUT2D eigenvalue weighted by molar-refractivity contribution is 0.122. The lowest BCUT2D eigenvalue weighted by Gasteiger charge is -2.35. The number of methoxy groups -OCH3 is 1. The van der Waals surface area contributed by atoms with Crippen LogP contribution in [0.2, 0.25) is 0 Å². The summed E-state index contributed by atoms with van der Waals surface area (Å²) in [7, 11) is 1.63. The fourth-order valence-electron chi connectivity index (χ4n) is 3.83. The molecule has 2 saturated heterocycles. The first-order valence-corrected chi connectivity index (χ1v) is 8.72. The summed E-state index contributed by atoms with van der Waals surface area (Å²) in [6, 6.07) is 4.63. The molecule has 2 aromatic rings. The number of rotatable bonds is 4. The fraction of sp³-hybridized carbons (Fsp3) is 0.556. The third-order valence-corrected chi connectivity index (χ3v) is 5.11. The Balaban J connectivity index is 1.60. The van der Waals surface area contributed by atoms with Gasteiger partial charge in [-0.15, -0.1) is 0 Å². The van der Waals surface area contributed by atoms with E-state index < -0.39 is 0 Å². The standard InChI is InChI=1S/C18H24N4O2/c1-23-17-6-5-14(11-20-17)18-19-7-10-22(18)16-13-24-12-15(16)21-8-3-2-4-9-21/h5-7,10-11,15-16H,2-4,8-9,12-13H2,1H3/t15-,16-/m1/s1. The third-order valence-electron chi connectivity index (χ3n) is 5.11. The molecule has 2 aliphatic rings. The van der Waals surface area contributed by atoms with Crippen LogP contribution in [0.5, 0.6) is 5.88 Å². The lowest BCUT2D eigenvalue weighted by atomic mass is 10.0. The van der Waals surface area contributed by atoms with E-state index >= 15 is 0 Å². The van der Waals surface area contributed by atoms with E-state index in [4.69, 9.17) is 9.47 Å². The Morgan fingerprint density at radius 1 is 1.08 bits per heavy atom. The molecule has 0 radical (unpaired) electrons. The highest BCUT2D eigenvalue weighted by Crippen LogP contribution is 2.31. The van der Waals surface area contributed by atoms with Crippen molar-refractivity contribution in [3.63, 3.8) is 0 Å². The van der Waals surface area contributed by atoms with Gasteiger partial charge in [-0.1, -0.05) is 6.42 Å². The van der Waals surface area contributed by atoms with Crippen LogP contribution in [0.15, 0.2) is 30.7 Å². The van der Waals surface area contributed by atoms with Crippen molar-refractivity contribution < 1.29 is 9.47 Å². The first kappa shape index (κ1) is 15.6. The van der Waals surface area contributed by atoms with Crippen molar-refractivity contribution >= 4 is 0 Å². The number of aromatic nitrogens is 3. The van der Waals surface area contributed by atoms with Crippen LogP contribution in [-0.2, 0) is 4.74 Å². The van der Waals surface area contributed by atoms with Gasteiger partial charge in [0, 0.05) is 30.2 Å². The lowest BCUT2D eigenvalue weighted by Crippen LogP contribution is -2.44. The second-order valence-corrected chi connectivity index (χ2v) is 6.52. The number of imidazole rings is 1. The van der Waals surface area contributed by atoms with Gasteiger partial charge in [0.15, 0.2) is 0 Å². The quantitative estimate of drug-likeness (QED) is 0.862. The Morgan fingerprint density at radius 3 is 2.67 bits per heavy atom. The van der Waals surface area contributed by atoms with Gasteiger partial charge in [0.1, 0.15) is 5.82 Å². The molecule has 128 valence electrons. The van der Waals surface area contributed by atoms with Gasteiger partial charge in [-0.3, -0.25) is 4.90 Å². The average molecular weight is 328 g/mol. The van der Waals surface area contributed by atoms with Crippen molar-refractivity contribution in [2.45, 2.75) is 31.3 Å². The predicted octanol–water partition coefficient (Wildman–Crippen LogP) is 2.38. The van der Waals surface area contributed by atoms with E-state index in [-0.39, 0.29) is 0 Å². The Hall–Kier alpha value is -1.92. The van der Waals surface area contributed by atoms with E-state index in [0.717, 1.165) is 24.6 Å². The molecule has 0 bridgehead atoms. The molecule has 4 rings (SSSR count). The van der Waals surface area contributed by atoms with Crippen LogP contribution in [0, 0.1) is 0 Å². The van der Waals surface area contributed by atoms with E-state index in [1.807, 2.05) is 24.5 Å². The summed E-state index contributed by atoms with van der Waals surface area (Å²) in [5.74, 6) is 1.56. The van der Waals surface area contributed by atoms with Gasteiger partial charge in [0.25, 0.3) is 0 Å². The zero-order chi connectivity index (χ0) is 16.4. The second-order valence-electron chi connectivity index (χ2n) is 6.52. The Labute approximate surface area is 142 Å². The number of ether oxygens (including phenoxy) is 2. The maximum Gasteiger partial charge on any atom is 0.212 e. The van der Waals surface area contributed by atoms with Gasteiger partial charge in [0.05, 0.1) is 32.4 Å². The van der Waals surface area contributed by atoms with E-state index in [0.29, 0.717) is 18.0 Å². The maximum absolute atomic E-state index is 5.85. The zero-order valence-corrected chi connectivity index (χ0v) is 14.1. The van der Waals surface area contributed by atoms with Crippen molar-refractivity contribution in [1.29, 1.82) is 0 Å². The number of piperidine rings is 1. The van der Waals surface area contributed by atoms with Crippen LogP contribution in [-0.4, -0.2) is 58.9 Å². The summed E-state index contributed by atoms with van der Waals surface area (Å²) in [5.41, 5.74) is 1.00. The summed E-state index contributed by atoms with van der Waals surface area (Å²) in [6.45, 7) is 3.91. The van der Waals surface area contributed by atoms with Gasteiger partial charge >= 0.3 is 0 Å². The van der Waals surface area contributed by atoms with Gasteiger partial charge < -0.3 is 14.0 Å². The molecule has 4 heterocycles. The number of hydrogen-bond donors (Lipinski definition) is 0. The summed E-state index contributed by atoms with van der Waals surface area (Å²) in [6.07, 6.45) is 9.69. The largest absolute Gasteiger partial charge is 0.481 e. The highest BCUT2D eigenvalue weighted by Gasteiger charge is 2.35. The molecule has 2 atom stereocenters. The molecule has 24 heavy (non-hydrogen) atoms. The minimum absolute atomic E-state index is 0.308. The molecule has 0 unspecified atom stereocenters. The predicted molar refractivity (Wildman–Crippen MR) is 91.1 cm³/mol. The van der Waals surface area contributed by atoms with Crippen LogP contribution >= 0.6 is 0 Å². The molecule has 0 aromatic carbocycles. The maximum atomic E-state index is 5.85. The highest BCUT2D eigenvalue weighted by molar-refractivity contribution is 5.55. The Kier molecular flexibility index (Phi) is 4.49. The monoisotopic (exact) mass is 328 g/mol. The molecule has 2 aliphatic heterocycles. The topological polar surface area (TPSA) is 52.4 Å².